The van der Waals surface area contributed by atoms with Crippen molar-refractivity contribution < 1.29 is 9.72 Å². The molecular weight excluding hydrogens is 308 g/mol. The Morgan fingerprint density at radius 2 is 1.88 bits per heavy atom. The third-order valence-electron chi connectivity index (χ3n) is 3.65. The van der Waals surface area contributed by atoms with Gasteiger partial charge in [0.05, 0.1) is 16.2 Å². The molecule has 1 aromatic heterocycles. The minimum absolute atomic E-state index is 0.00868. The molecule has 7 heteroatoms. The highest BCUT2D eigenvalue weighted by molar-refractivity contribution is 6.07. The highest BCUT2D eigenvalue weighted by Crippen LogP contribution is 2.17. The number of rotatable bonds is 4. The van der Waals surface area contributed by atoms with Crippen LogP contribution in [0.1, 0.15) is 22.8 Å². The molecule has 2 aromatic carbocycles. The Bertz CT molecular complexity index is 942. The summed E-state index contributed by atoms with van der Waals surface area (Å²) in [5.41, 5.74) is 5.14. The molecule has 3 aromatic rings. The molecule has 0 radical (unpaired) electrons. The lowest BCUT2D eigenvalue weighted by molar-refractivity contribution is -0.384. The maximum absolute atomic E-state index is 12.3. The average molecular weight is 322 g/mol. The van der Waals surface area contributed by atoms with Crippen LogP contribution in [-0.2, 0) is 0 Å². The van der Waals surface area contributed by atoms with Crippen LogP contribution in [-0.4, -0.2) is 21.5 Å². The Kier molecular flexibility index (Phi) is 4.07. The summed E-state index contributed by atoms with van der Waals surface area (Å²) in [5, 5.41) is 15.5. The van der Waals surface area contributed by atoms with Gasteiger partial charge in [0, 0.05) is 29.2 Å². The van der Waals surface area contributed by atoms with Crippen molar-refractivity contribution in [2.75, 3.05) is 0 Å². The van der Waals surface area contributed by atoms with Gasteiger partial charge in [-0.3, -0.25) is 14.9 Å². The number of carbonyl (C=O) groups is 1. The first kappa shape index (κ1) is 15.4. The molecule has 1 heterocycles. The number of hydrogen-bond acceptors (Lipinski definition) is 4. The predicted octanol–water partition coefficient (Wildman–Crippen LogP) is 3.23. The first-order chi connectivity index (χ1) is 11.6. The average Bonchev–Trinajstić information content (AvgIpc) is 3.03. The van der Waals surface area contributed by atoms with Gasteiger partial charge in [-0.2, -0.15) is 5.10 Å². The zero-order valence-corrected chi connectivity index (χ0v) is 12.8. The van der Waals surface area contributed by atoms with Crippen molar-refractivity contribution in [1.82, 2.24) is 10.4 Å². The number of aromatic nitrogens is 1. The molecule has 3 rings (SSSR count). The predicted molar refractivity (Wildman–Crippen MR) is 91.1 cm³/mol. The summed E-state index contributed by atoms with van der Waals surface area (Å²) in [6.07, 6.45) is 1.64. The largest absolute Gasteiger partial charge is 0.360 e. The van der Waals surface area contributed by atoms with E-state index in [0.29, 0.717) is 16.8 Å². The van der Waals surface area contributed by atoms with Crippen molar-refractivity contribution in [3.63, 3.8) is 0 Å². The number of amides is 1. The molecule has 24 heavy (non-hydrogen) atoms. The van der Waals surface area contributed by atoms with Crippen LogP contribution in [0.5, 0.6) is 0 Å². The van der Waals surface area contributed by atoms with E-state index in [-0.39, 0.29) is 11.6 Å². The molecule has 0 aliphatic carbocycles. The van der Waals surface area contributed by atoms with E-state index in [0.717, 1.165) is 10.9 Å². The van der Waals surface area contributed by atoms with Crippen molar-refractivity contribution in [2.45, 2.75) is 6.92 Å². The van der Waals surface area contributed by atoms with Gasteiger partial charge in [0.2, 0.25) is 0 Å². The normalized spacial score (nSPS) is 11.5. The molecule has 0 saturated carbocycles. The van der Waals surface area contributed by atoms with Gasteiger partial charge in [0.15, 0.2) is 0 Å². The summed E-state index contributed by atoms with van der Waals surface area (Å²) in [4.78, 5) is 25.5. The van der Waals surface area contributed by atoms with Crippen LogP contribution in [0.15, 0.2) is 59.8 Å². The molecule has 0 fully saturated rings. The van der Waals surface area contributed by atoms with Crippen molar-refractivity contribution >= 4 is 28.2 Å². The molecule has 0 bridgehead atoms. The van der Waals surface area contributed by atoms with Gasteiger partial charge in [0.1, 0.15) is 0 Å². The summed E-state index contributed by atoms with van der Waals surface area (Å²) < 4.78 is 0. The quantitative estimate of drug-likeness (QED) is 0.438. The lowest BCUT2D eigenvalue weighted by Crippen LogP contribution is -2.19. The van der Waals surface area contributed by atoms with E-state index in [9.17, 15) is 14.9 Å². The van der Waals surface area contributed by atoms with Crippen molar-refractivity contribution in [3.8, 4) is 0 Å². The topological polar surface area (TPSA) is 100 Å². The summed E-state index contributed by atoms with van der Waals surface area (Å²) in [5.74, 6) is -0.325. The SMILES string of the molecule is C/C(=N\NC(=O)c1c[nH]c2ccccc12)c1ccc([N+](=O)[O-])cc1. The van der Waals surface area contributed by atoms with Gasteiger partial charge in [0.25, 0.3) is 11.6 Å². The number of nitrogens with one attached hydrogen (secondary N) is 2. The summed E-state index contributed by atoms with van der Waals surface area (Å²) in [6.45, 7) is 1.72. The fourth-order valence-corrected chi connectivity index (χ4v) is 2.34. The fourth-order valence-electron chi connectivity index (χ4n) is 2.34. The molecule has 7 nitrogen and oxygen atoms in total. The Labute approximate surface area is 137 Å². The van der Waals surface area contributed by atoms with Gasteiger partial charge in [-0.25, -0.2) is 5.43 Å². The van der Waals surface area contributed by atoms with E-state index in [1.54, 1.807) is 25.3 Å². The van der Waals surface area contributed by atoms with Crippen LogP contribution in [0.2, 0.25) is 0 Å². The molecule has 0 aliphatic rings. The van der Waals surface area contributed by atoms with Crippen molar-refractivity contribution in [1.29, 1.82) is 0 Å². The number of nitrogens with zero attached hydrogens (tertiary/aromatic N) is 2. The number of nitro groups is 1. The number of para-hydroxylation sites is 1. The van der Waals surface area contributed by atoms with Crippen LogP contribution in [0, 0.1) is 10.1 Å². The van der Waals surface area contributed by atoms with Gasteiger partial charge < -0.3 is 4.98 Å². The second-order valence-corrected chi connectivity index (χ2v) is 5.19. The maximum atomic E-state index is 12.3. The van der Waals surface area contributed by atoms with E-state index in [4.69, 9.17) is 0 Å². The number of H-pyrrole nitrogens is 1. The zero-order chi connectivity index (χ0) is 17.1. The number of hydrogen-bond donors (Lipinski definition) is 2. The summed E-state index contributed by atoms with van der Waals surface area (Å²) >= 11 is 0. The molecule has 0 spiro atoms. The Hall–Kier alpha value is -3.48. The first-order valence-corrected chi connectivity index (χ1v) is 7.22. The number of aromatic amines is 1. The number of non-ortho nitro benzene ring substituents is 1. The third kappa shape index (κ3) is 3.00. The van der Waals surface area contributed by atoms with Gasteiger partial charge >= 0.3 is 0 Å². The van der Waals surface area contributed by atoms with Crippen molar-refractivity contribution in [3.05, 3.63) is 76.0 Å². The highest BCUT2D eigenvalue weighted by Gasteiger charge is 2.11. The molecule has 1 amide bonds. The smallest absolute Gasteiger partial charge is 0.273 e. The number of fused-ring (bicyclic) bond motifs is 1. The van der Waals surface area contributed by atoms with Gasteiger partial charge in [-0.15, -0.1) is 0 Å². The van der Waals surface area contributed by atoms with Crippen LogP contribution < -0.4 is 5.43 Å². The Morgan fingerprint density at radius 1 is 1.17 bits per heavy atom. The van der Waals surface area contributed by atoms with E-state index in [1.165, 1.54) is 12.1 Å². The van der Waals surface area contributed by atoms with Crippen LogP contribution in [0.4, 0.5) is 5.69 Å². The Balaban J connectivity index is 1.77. The minimum Gasteiger partial charge on any atom is -0.360 e. The lowest BCUT2D eigenvalue weighted by Gasteiger charge is -2.02. The minimum atomic E-state index is -0.463. The van der Waals surface area contributed by atoms with Crippen LogP contribution in [0.3, 0.4) is 0 Å². The number of hydrazone groups is 1. The number of benzene rings is 2. The fraction of sp³-hybridized carbons (Fsp3) is 0.0588. The van der Waals surface area contributed by atoms with E-state index < -0.39 is 4.92 Å². The maximum Gasteiger partial charge on any atom is 0.273 e. The molecule has 120 valence electrons. The van der Waals surface area contributed by atoms with E-state index >= 15 is 0 Å². The van der Waals surface area contributed by atoms with E-state index in [2.05, 4.69) is 15.5 Å². The second-order valence-electron chi connectivity index (χ2n) is 5.19. The van der Waals surface area contributed by atoms with Gasteiger partial charge in [-0.05, 0) is 30.7 Å². The highest BCUT2D eigenvalue weighted by atomic mass is 16.6. The molecule has 0 saturated heterocycles. The lowest BCUT2D eigenvalue weighted by atomic mass is 10.1. The summed E-state index contributed by atoms with van der Waals surface area (Å²) in [6, 6.07) is 13.5. The van der Waals surface area contributed by atoms with Crippen LogP contribution in [0.25, 0.3) is 10.9 Å². The second kappa shape index (κ2) is 6.33. The number of carbonyl (C=O) groups excluding carboxylic acids is 1. The number of nitro benzene ring substituents is 1. The first-order valence-electron chi connectivity index (χ1n) is 7.22. The molecule has 2 N–H and O–H groups in total. The third-order valence-corrected chi connectivity index (χ3v) is 3.65. The monoisotopic (exact) mass is 322 g/mol. The van der Waals surface area contributed by atoms with Crippen molar-refractivity contribution in [2.24, 2.45) is 5.10 Å². The molecule has 0 unspecified atom stereocenters. The zero-order valence-electron chi connectivity index (χ0n) is 12.8. The molecule has 0 aliphatic heterocycles. The summed E-state index contributed by atoms with van der Waals surface area (Å²) in [7, 11) is 0. The molecule has 0 atom stereocenters. The van der Waals surface area contributed by atoms with Gasteiger partial charge in [-0.1, -0.05) is 18.2 Å². The van der Waals surface area contributed by atoms with E-state index in [1.807, 2.05) is 24.3 Å². The van der Waals surface area contributed by atoms with Crippen LogP contribution >= 0.6 is 0 Å². The molecular formula is C17H14N4O3. The Morgan fingerprint density at radius 3 is 2.58 bits per heavy atom. The standard InChI is InChI=1S/C17H14N4O3/c1-11(12-6-8-13(9-7-12)21(23)24)19-20-17(22)15-10-18-16-5-3-2-4-14(15)16/h2-10,18H,1H3,(H,20,22)/b19-11+.